The van der Waals surface area contributed by atoms with Gasteiger partial charge in [-0.1, -0.05) is 40.0 Å². The average molecular weight is 348 g/mol. The van der Waals surface area contributed by atoms with Gasteiger partial charge >= 0.3 is 0 Å². The van der Waals surface area contributed by atoms with Crippen molar-refractivity contribution in [2.75, 3.05) is 25.9 Å². The van der Waals surface area contributed by atoms with E-state index >= 15 is 0 Å². The van der Waals surface area contributed by atoms with Crippen molar-refractivity contribution in [2.45, 2.75) is 64.8 Å². The van der Waals surface area contributed by atoms with Crippen LogP contribution >= 0.6 is 0 Å². The molecular formula is C19H33N5O. The number of hydrogen-bond donors (Lipinski definition) is 2. The fraction of sp³-hybridized carbons (Fsp3) is 0.737. The minimum atomic E-state index is -0.159. The Balaban J connectivity index is 2.09. The molecule has 0 unspecified atom stereocenters. The number of carbonyl (C=O) groups is 1. The lowest BCUT2D eigenvalue weighted by molar-refractivity contribution is 0.0697. The van der Waals surface area contributed by atoms with Crippen LogP contribution in [0.25, 0.3) is 0 Å². The normalized spacial score (nSPS) is 17.0. The molecule has 0 aliphatic heterocycles. The van der Waals surface area contributed by atoms with E-state index in [0.717, 1.165) is 31.5 Å². The molecule has 25 heavy (non-hydrogen) atoms. The summed E-state index contributed by atoms with van der Waals surface area (Å²) in [4.78, 5) is 23.4. The Kier molecular flexibility index (Phi) is 6.76. The van der Waals surface area contributed by atoms with Gasteiger partial charge in [-0.25, -0.2) is 9.97 Å². The van der Waals surface area contributed by atoms with E-state index in [9.17, 15) is 4.79 Å². The summed E-state index contributed by atoms with van der Waals surface area (Å²) in [7, 11) is 2.15. The number of nitrogens with zero attached hydrogens (tertiary/aromatic N) is 3. The monoisotopic (exact) mass is 347 g/mol. The van der Waals surface area contributed by atoms with Gasteiger partial charge in [0.25, 0.3) is 5.91 Å². The number of anilines is 1. The highest BCUT2D eigenvalue weighted by atomic mass is 16.1. The number of aromatic nitrogens is 2. The molecule has 1 aliphatic carbocycles. The molecule has 1 fully saturated rings. The van der Waals surface area contributed by atoms with Crippen LogP contribution in [0.3, 0.4) is 0 Å². The zero-order valence-electron chi connectivity index (χ0n) is 16.1. The number of carbonyl (C=O) groups excluding carboxylic acids is 1. The lowest BCUT2D eigenvalue weighted by atomic mass is 9.80. The van der Waals surface area contributed by atoms with Crippen molar-refractivity contribution in [1.29, 1.82) is 0 Å². The fourth-order valence-corrected chi connectivity index (χ4v) is 3.73. The number of hydrogen-bond acceptors (Lipinski definition) is 5. The lowest BCUT2D eigenvalue weighted by Crippen LogP contribution is -2.55. The Morgan fingerprint density at radius 2 is 2.00 bits per heavy atom. The predicted octanol–water partition coefficient (Wildman–Crippen LogP) is 2.64. The summed E-state index contributed by atoms with van der Waals surface area (Å²) in [5.74, 6) is 0.462. The topological polar surface area (TPSA) is 84.1 Å². The van der Waals surface area contributed by atoms with Gasteiger partial charge in [0.2, 0.25) is 5.95 Å². The summed E-state index contributed by atoms with van der Waals surface area (Å²) < 4.78 is 0. The summed E-state index contributed by atoms with van der Waals surface area (Å²) in [6.07, 6.45) is 6.77. The molecule has 1 aliphatic rings. The third-order valence-corrected chi connectivity index (χ3v) is 5.29. The Hall–Kier alpha value is -1.69. The number of nitrogens with one attached hydrogen (secondary N) is 1. The first-order chi connectivity index (χ1) is 11.9. The quantitative estimate of drug-likeness (QED) is 0.792. The highest BCUT2D eigenvalue weighted by Crippen LogP contribution is 2.32. The first-order valence-electron chi connectivity index (χ1n) is 9.49. The van der Waals surface area contributed by atoms with E-state index in [0.29, 0.717) is 18.2 Å². The van der Waals surface area contributed by atoms with Crippen molar-refractivity contribution >= 4 is 11.9 Å². The van der Waals surface area contributed by atoms with E-state index in [-0.39, 0.29) is 17.4 Å². The number of likely N-dealkylation sites (N-methyl/N-ethyl adjacent to an activating group) is 1. The van der Waals surface area contributed by atoms with Crippen LogP contribution in [0.4, 0.5) is 5.95 Å². The van der Waals surface area contributed by atoms with Crippen LogP contribution in [0.2, 0.25) is 0 Å². The highest BCUT2D eigenvalue weighted by Gasteiger charge is 2.35. The Morgan fingerprint density at radius 1 is 1.32 bits per heavy atom. The Morgan fingerprint density at radius 3 is 2.60 bits per heavy atom. The van der Waals surface area contributed by atoms with Crippen LogP contribution in [0.5, 0.6) is 0 Å². The van der Waals surface area contributed by atoms with Crippen LogP contribution in [0.15, 0.2) is 6.07 Å². The molecule has 6 heteroatoms. The second kappa shape index (κ2) is 8.61. The molecule has 3 N–H and O–H groups in total. The highest BCUT2D eigenvalue weighted by molar-refractivity contribution is 5.92. The van der Waals surface area contributed by atoms with E-state index in [1.54, 1.807) is 6.07 Å². The lowest BCUT2D eigenvalue weighted by Gasteiger charge is -2.44. The molecule has 6 nitrogen and oxygen atoms in total. The van der Waals surface area contributed by atoms with Crippen LogP contribution in [-0.4, -0.2) is 46.5 Å². The van der Waals surface area contributed by atoms with Crippen LogP contribution < -0.4 is 11.1 Å². The molecule has 0 atom stereocenters. The Labute approximate surface area is 151 Å². The van der Waals surface area contributed by atoms with Crippen molar-refractivity contribution in [2.24, 2.45) is 5.92 Å². The summed E-state index contributed by atoms with van der Waals surface area (Å²) in [6.45, 7) is 8.03. The van der Waals surface area contributed by atoms with Gasteiger partial charge in [-0.3, -0.25) is 9.69 Å². The number of amides is 1. The first kappa shape index (κ1) is 19.6. The summed E-state index contributed by atoms with van der Waals surface area (Å²) in [5, 5.41) is 3.11. The van der Waals surface area contributed by atoms with Gasteiger partial charge in [0.05, 0.1) is 0 Å². The van der Waals surface area contributed by atoms with E-state index < -0.39 is 0 Å². The largest absolute Gasteiger partial charge is 0.368 e. The van der Waals surface area contributed by atoms with Gasteiger partial charge in [-0.05, 0) is 44.8 Å². The third-order valence-electron chi connectivity index (χ3n) is 5.29. The molecule has 1 saturated carbocycles. The SMILES string of the molecule is CCN(C)C1(CNC(=O)c2cc(CC(C)C)nc(N)n2)CCCCC1. The average Bonchev–Trinajstić information content (AvgIpc) is 2.58. The molecular weight excluding hydrogens is 314 g/mol. The van der Waals surface area contributed by atoms with E-state index in [2.05, 4.69) is 48.0 Å². The molecule has 0 saturated heterocycles. The maximum atomic E-state index is 12.7. The molecule has 1 aromatic heterocycles. The van der Waals surface area contributed by atoms with Gasteiger partial charge < -0.3 is 11.1 Å². The van der Waals surface area contributed by atoms with Crippen molar-refractivity contribution in [3.8, 4) is 0 Å². The van der Waals surface area contributed by atoms with Gasteiger partial charge in [-0.2, -0.15) is 0 Å². The second-order valence-electron chi connectivity index (χ2n) is 7.68. The smallest absolute Gasteiger partial charge is 0.270 e. The molecule has 1 aromatic rings. The molecule has 2 rings (SSSR count). The van der Waals surface area contributed by atoms with E-state index in [4.69, 9.17) is 5.73 Å². The van der Waals surface area contributed by atoms with Gasteiger partial charge in [0, 0.05) is 17.8 Å². The van der Waals surface area contributed by atoms with Crippen molar-refractivity contribution in [1.82, 2.24) is 20.2 Å². The van der Waals surface area contributed by atoms with Crippen molar-refractivity contribution in [3.63, 3.8) is 0 Å². The maximum Gasteiger partial charge on any atom is 0.270 e. The molecule has 140 valence electrons. The van der Waals surface area contributed by atoms with Crippen LogP contribution in [0, 0.1) is 5.92 Å². The number of rotatable bonds is 7. The zero-order valence-corrected chi connectivity index (χ0v) is 16.1. The molecule has 0 bridgehead atoms. The van der Waals surface area contributed by atoms with Crippen molar-refractivity contribution in [3.05, 3.63) is 17.5 Å². The van der Waals surface area contributed by atoms with Gasteiger partial charge in [0.15, 0.2) is 0 Å². The van der Waals surface area contributed by atoms with Gasteiger partial charge in [0.1, 0.15) is 5.69 Å². The second-order valence-corrected chi connectivity index (χ2v) is 7.68. The van der Waals surface area contributed by atoms with E-state index in [1.807, 2.05) is 0 Å². The molecule has 0 aromatic carbocycles. The number of nitrogen functional groups attached to an aromatic ring is 1. The maximum absolute atomic E-state index is 12.7. The first-order valence-corrected chi connectivity index (χ1v) is 9.49. The Bertz CT molecular complexity index is 581. The summed E-state index contributed by atoms with van der Waals surface area (Å²) in [5.41, 5.74) is 7.05. The zero-order chi connectivity index (χ0) is 18.4. The molecule has 1 heterocycles. The van der Waals surface area contributed by atoms with Crippen LogP contribution in [0.1, 0.15) is 69.1 Å². The minimum absolute atomic E-state index is 0.0575. The minimum Gasteiger partial charge on any atom is -0.368 e. The molecule has 1 amide bonds. The fourth-order valence-electron chi connectivity index (χ4n) is 3.73. The van der Waals surface area contributed by atoms with Gasteiger partial charge in [-0.15, -0.1) is 0 Å². The van der Waals surface area contributed by atoms with Crippen molar-refractivity contribution < 1.29 is 4.79 Å². The number of nitrogens with two attached hydrogens (primary N) is 1. The summed E-state index contributed by atoms with van der Waals surface area (Å²) in [6, 6.07) is 1.77. The predicted molar refractivity (Wildman–Crippen MR) is 101 cm³/mol. The molecule has 0 spiro atoms. The molecule has 0 radical (unpaired) electrons. The summed E-state index contributed by atoms with van der Waals surface area (Å²) >= 11 is 0. The van der Waals surface area contributed by atoms with E-state index in [1.165, 1.54) is 19.3 Å². The third kappa shape index (κ3) is 5.14. The standard InChI is InChI=1S/C19H33N5O/c1-5-24(4)19(9-7-6-8-10-19)13-21-17(25)16-12-15(11-14(2)3)22-18(20)23-16/h12,14H,5-11,13H2,1-4H3,(H,21,25)(H2,20,22,23). The van der Waals surface area contributed by atoms with Crippen LogP contribution in [-0.2, 0) is 6.42 Å².